The Balaban J connectivity index is 1.79. The highest BCUT2D eigenvalue weighted by molar-refractivity contribution is 9.10. The molecule has 0 radical (unpaired) electrons. The third kappa shape index (κ3) is 2.26. The van der Waals surface area contributed by atoms with E-state index in [9.17, 15) is 0 Å². The lowest BCUT2D eigenvalue weighted by Gasteiger charge is -2.15. The number of benzene rings is 1. The van der Waals surface area contributed by atoms with E-state index >= 15 is 0 Å². The van der Waals surface area contributed by atoms with Gasteiger partial charge in [0, 0.05) is 9.35 Å². The lowest BCUT2D eigenvalue weighted by Crippen LogP contribution is -2.29. The lowest BCUT2D eigenvalue weighted by molar-refractivity contribution is 0.493. The second-order valence-electron chi connectivity index (χ2n) is 4.69. The number of rotatable bonds is 4. The summed E-state index contributed by atoms with van der Waals surface area (Å²) < 4.78 is 1.16. The fourth-order valence-electron chi connectivity index (χ4n) is 2.59. The van der Waals surface area contributed by atoms with E-state index in [1.165, 1.54) is 16.9 Å². The number of nitrogens with one attached hydrogen (secondary N) is 1. The average molecular weight is 323 g/mol. The monoisotopic (exact) mass is 322 g/mol. The van der Waals surface area contributed by atoms with E-state index in [2.05, 4.69) is 63.1 Å². The fraction of sp³-hybridized carbons (Fsp3) is 0.286. The zero-order chi connectivity index (χ0) is 12.5. The third-order valence-corrected chi connectivity index (χ3v) is 5.56. The van der Waals surface area contributed by atoms with Crippen molar-refractivity contribution < 1.29 is 0 Å². The van der Waals surface area contributed by atoms with Crippen molar-refractivity contribution >= 4 is 27.3 Å². The molecule has 0 saturated heterocycles. The quantitative estimate of drug-likeness (QED) is 0.663. The molecule has 0 bridgehead atoms. The Kier molecular flexibility index (Phi) is 3.52. The summed E-state index contributed by atoms with van der Waals surface area (Å²) in [6, 6.07) is 13.0. The molecule has 0 amide bonds. The molecule has 1 aliphatic rings. The molecular formula is C14H15BrN2S. The fourth-order valence-corrected chi connectivity index (χ4v) is 4.34. The van der Waals surface area contributed by atoms with Crippen LogP contribution in [0, 0.1) is 5.92 Å². The molecule has 3 atom stereocenters. The molecule has 1 saturated carbocycles. The van der Waals surface area contributed by atoms with Crippen molar-refractivity contribution in [1.82, 2.24) is 5.43 Å². The highest BCUT2D eigenvalue weighted by Crippen LogP contribution is 2.55. The van der Waals surface area contributed by atoms with E-state index in [1.807, 2.05) is 0 Å². The van der Waals surface area contributed by atoms with E-state index in [0.717, 1.165) is 4.47 Å². The highest BCUT2D eigenvalue weighted by atomic mass is 79.9. The van der Waals surface area contributed by atoms with E-state index in [0.29, 0.717) is 11.8 Å². The SMILES string of the molecule is NNC(c1sccc1Br)C1CC1c1ccccc1. The van der Waals surface area contributed by atoms with Gasteiger partial charge in [-0.1, -0.05) is 30.3 Å². The Labute approximate surface area is 119 Å². The maximum atomic E-state index is 5.75. The molecule has 0 spiro atoms. The summed E-state index contributed by atoms with van der Waals surface area (Å²) in [4.78, 5) is 1.31. The average Bonchev–Trinajstić information content (AvgIpc) is 3.08. The van der Waals surface area contributed by atoms with Crippen LogP contribution in [0.5, 0.6) is 0 Å². The standard InChI is InChI=1S/C14H15BrN2S/c15-12-6-7-18-14(12)13(17-16)11-8-10(11)9-4-2-1-3-5-9/h1-7,10-11,13,17H,8,16H2. The van der Waals surface area contributed by atoms with Gasteiger partial charge in [-0.3, -0.25) is 11.3 Å². The minimum atomic E-state index is 0.254. The van der Waals surface area contributed by atoms with Gasteiger partial charge in [-0.2, -0.15) is 0 Å². The molecule has 1 aliphatic carbocycles. The minimum Gasteiger partial charge on any atom is -0.271 e. The van der Waals surface area contributed by atoms with E-state index in [-0.39, 0.29) is 6.04 Å². The predicted molar refractivity (Wildman–Crippen MR) is 79.4 cm³/mol. The van der Waals surface area contributed by atoms with Gasteiger partial charge < -0.3 is 0 Å². The van der Waals surface area contributed by atoms with E-state index in [4.69, 9.17) is 5.84 Å². The number of hydrogen-bond acceptors (Lipinski definition) is 3. The second kappa shape index (κ2) is 5.13. The zero-order valence-electron chi connectivity index (χ0n) is 9.84. The van der Waals surface area contributed by atoms with Crippen molar-refractivity contribution in [3.05, 3.63) is 56.7 Å². The van der Waals surface area contributed by atoms with Crippen molar-refractivity contribution in [2.75, 3.05) is 0 Å². The molecule has 3 unspecified atom stereocenters. The number of halogens is 1. The van der Waals surface area contributed by atoms with Crippen molar-refractivity contribution in [3.8, 4) is 0 Å². The molecule has 94 valence electrons. The Morgan fingerprint density at radius 1 is 1.28 bits per heavy atom. The first kappa shape index (κ1) is 12.4. The van der Waals surface area contributed by atoms with E-state index in [1.54, 1.807) is 11.3 Å². The molecule has 18 heavy (non-hydrogen) atoms. The van der Waals surface area contributed by atoms with Gasteiger partial charge >= 0.3 is 0 Å². The summed E-state index contributed by atoms with van der Waals surface area (Å²) in [6.07, 6.45) is 1.21. The molecule has 1 aromatic carbocycles. The van der Waals surface area contributed by atoms with Gasteiger partial charge in [0.25, 0.3) is 0 Å². The summed E-state index contributed by atoms with van der Waals surface area (Å²) in [6.45, 7) is 0. The van der Waals surface area contributed by atoms with Gasteiger partial charge in [-0.15, -0.1) is 11.3 Å². The Hall–Kier alpha value is -0.680. The molecule has 3 N–H and O–H groups in total. The Bertz CT molecular complexity index is 526. The normalized spacial score (nSPS) is 23.9. The number of hydrazine groups is 1. The summed E-state index contributed by atoms with van der Waals surface area (Å²) in [5, 5.41) is 2.10. The minimum absolute atomic E-state index is 0.254. The van der Waals surface area contributed by atoms with Gasteiger partial charge in [-0.05, 0) is 51.2 Å². The van der Waals surface area contributed by atoms with Crippen LogP contribution in [-0.4, -0.2) is 0 Å². The van der Waals surface area contributed by atoms with Crippen molar-refractivity contribution in [2.45, 2.75) is 18.4 Å². The molecule has 1 aromatic heterocycles. The van der Waals surface area contributed by atoms with Gasteiger partial charge in [0.2, 0.25) is 0 Å². The number of thiophene rings is 1. The Morgan fingerprint density at radius 3 is 2.67 bits per heavy atom. The predicted octanol–water partition coefficient (Wildman–Crippen LogP) is 3.82. The van der Waals surface area contributed by atoms with Crippen molar-refractivity contribution in [3.63, 3.8) is 0 Å². The summed E-state index contributed by atoms with van der Waals surface area (Å²) >= 11 is 5.35. The van der Waals surface area contributed by atoms with Crippen LogP contribution in [0.15, 0.2) is 46.3 Å². The third-order valence-electron chi connectivity index (χ3n) is 3.60. The molecule has 2 aromatic rings. The van der Waals surface area contributed by atoms with Gasteiger partial charge in [0.05, 0.1) is 6.04 Å². The van der Waals surface area contributed by atoms with Crippen LogP contribution < -0.4 is 11.3 Å². The van der Waals surface area contributed by atoms with Crippen LogP contribution in [0.2, 0.25) is 0 Å². The zero-order valence-corrected chi connectivity index (χ0v) is 12.2. The molecule has 0 aliphatic heterocycles. The lowest BCUT2D eigenvalue weighted by atomic mass is 10.0. The summed E-state index contributed by atoms with van der Waals surface area (Å²) in [7, 11) is 0. The first-order valence-electron chi connectivity index (χ1n) is 6.05. The smallest absolute Gasteiger partial charge is 0.0598 e. The maximum absolute atomic E-state index is 5.75. The van der Waals surface area contributed by atoms with Gasteiger partial charge in [0.1, 0.15) is 0 Å². The topological polar surface area (TPSA) is 38.0 Å². The van der Waals surface area contributed by atoms with Crippen LogP contribution in [0.3, 0.4) is 0 Å². The molecule has 2 nitrogen and oxygen atoms in total. The van der Waals surface area contributed by atoms with Crippen LogP contribution in [0.4, 0.5) is 0 Å². The first-order valence-corrected chi connectivity index (χ1v) is 7.72. The van der Waals surface area contributed by atoms with Crippen LogP contribution in [0.25, 0.3) is 0 Å². The summed E-state index contributed by atoms with van der Waals surface area (Å²) in [5.74, 6) is 6.99. The van der Waals surface area contributed by atoms with Gasteiger partial charge in [0.15, 0.2) is 0 Å². The maximum Gasteiger partial charge on any atom is 0.0598 e. The number of hydrogen-bond donors (Lipinski definition) is 2. The highest BCUT2D eigenvalue weighted by Gasteiger charge is 2.44. The Morgan fingerprint density at radius 2 is 2.06 bits per heavy atom. The van der Waals surface area contributed by atoms with Crippen LogP contribution in [0.1, 0.15) is 28.8 Å². The van der Waals surface area contributed by atoms with Crippen molar-refractivity contribution in [1.29, 1.82) is 0 Å². The largest absolute Gasteiger partial charge is 0.271 e. The van der Waals surface area contributed by atoms with Crippen molar-refractivity contribution in [2.24, 2.45) is 11.8 Å². The van der Waals surface area contributed by atoms with Gasteiger partial charge in [-0.25, -0.2) is 0 Å². The first-order chi connectivity index (χ1) is 8.81. The summed E-state index contributed by atoms with van der Waals surface area (Å²) in [5.41, 5.74) is 4.41. The van der Waals surface area contributed by atoms with Crippen LogP contribution in [-0.2, 0) is 0 Å². The molecule has 1 fully saturated rings. The second-order valence-corrected chi connectivity index (χ2v) is 6.50. The molecule has 1 heterocycles. The van der Waals surface area contributed by atoms with Crippen LogP contribution >= 0.6 is 27.3 Å². The molecule has 4 heteroatoms. The molecular weight excluding hydrogens is 308 g/mol. The molecule has 3 rings (SSSR count). The number of nitrogens with two attached hydrogens (primary N) is 1. The van der Waals surface area contributed by atoms with E-state index < -0.39 is 0 Å².